The number of nitrogens with one attached hydrogen (secondary N) is 1. The summed E-state index contributed by atoms with van der Waals surface area (Å²) in [6, 6.07) is 8.89. The van der Waals surface area contributed by atoms with E-state index in [-0.39, 0.29) is 10.6 Å². The minimum atomic E-state index is -0.394. The van der Waals surface area contributed by atoms with Crippen LogP contribution in [-0.4, -0.2) is 22.3 Å². The summed E-state index contributed by atoms with van der Waals surface area (Å²) in [5, 5.41) is 6.33. The number of benzene rings is 1. The van der Waals surface area contributed by atoms with Gasteiger partial charge >= 0.3 is 0 Å². The molecule has 0 unspecified atom stereocenters. The van der Waals surface area contributed by atoms with Crippen molar-refractivity contribution in [3.8, 4) is 17.0 Å². The first-order valence-electron chi connectivity index (χ1n) is 5.16. The van der Waals surface area contributed by atoms with Crippen LogP contribution in [-0.2, 0) is 0 Å². The SMILES string of the molecule is COc1cccc(-c2cc(C(N)=S)c(=O)[nH]n2)c1. The van der Waals surface area contributed by atoms with Gasteiger partial charge in [-0.2, -0.15) is 5.10 Å². The fourth-order valence-electron chi connectivity index (χ4n) is 1.52. The molecule has 3 N–H and O–H groups in total. The molecule has 0 bridgehead atoms. The molecule has 0 aliphatic heterocycles. The highest BCUT2D eigenvalue weighted by molar-refractivity contribution is 7.80. The topological polar surface area (TPSA) is 81.0 Å². The average Bonchev–Trinajstić information content (AvgIpc) is 2.39. The van der Waals surface area contributed by atoms with E-state index in [9.17, 15) is 4.79 Å². The molecule has 0 saturated carbocycles. The standard InChI is InChI=1S/C12H11N3O2S/c1-17-8-4-2-3-7(5-8)10-6-9(11(13)18)12(16)15-14-10/h2-6H,1H3,(H2,13,18)(H,15,16). The van der Waals surface area contributed by atoms with Gasteiger partial charge in [0, 0.05) is 5.56 Å². The van der Waals surface area contributed by atoms with Gasteiger partial charge in [-0.1, -0.05) is 24.4 Å². The fourth-order valence-corrected chi connectivity index (χ4v) is 1.67. The van der Waals surface area contributed by atoms with Crippen molar-refractivity contribution in [2.45, 2.75) is 0 Å². The first-order chi connectivity index (χ1) is 8.61. The summed E-state index contributed by atoms with van der Waals surface area (Å²) >= 11 is 4.81. The second-order valence-electron chi connectivity index (χ2n) is 3.59. The van der Waals surface area contributed by atoms with E-state index in [1.807, 2.05) is 24.3 Å². The van der Waals surface area contributed by atoms with Gasteiger partial charge in [-0.3, -0.25) is 4.79 Å². The van der Waals surface area contributed by atoms with Gasteiger partial charge in [-0.15, -0.1) is 0 Å². The van der Waals surface area contributed by atoms with E-state index in [0.717, 1.165) is 5.56 Å². The van der Waals surface area contributed by atoms with E-state index in [2.05, 4.69) is 10.2 Å². The molecule has 6 heteroatoms. The summed E-state index contributed by atoms with van der Waals surface area (Å²) in [4.78, 5) is 11.5. The van der Waals surface area contributed by atoms with Crippen LogP contribution in [0.5, 0.6) is 5.75 Å². The number of aromatic amines is 1. The Labute approximate surface area is 109 Å². The Kier molecular flexibility index (Phi) is 3.38. The molecule has 2 aromatic rings. The van der Waals surface area contributed by atoms with Gasteiger partial charge in [0.05, 0.1) is 18.4 Å². The molecular weight excluding hydrogens is 250 g/mol. The maximum Gasteiger partial charge on any atom is 0.274 e. The van der Waals surface area contributed by atoms with Crippen molar-refractivity contribution in [3.05, 3.63) is 46.2 Å². The lowest BCUT2D eigenvalue weighted by Gasteiger charge is -2.05. The summed E-state index contributed by atoms with van der Waals surface area (Å²) in [6.45, 7) is 0. The Morgan fingerprint density at radius 2 is 2.22 bits per heavy atom. The lowest BCUT2D eigenvalue weighted by Crippen LogP contribution is -2.23. The molecule has 5 nitrogen and oxygen atoms in total. The van der Waals surface area contributed by atoms with Crippen molar-refractivity contribution in [1.82, 2.24) is 10.2 Å². The first-order valence-corrected chi connectivity index (χ1v) is 5.56. The van der Waals surface area contributed by atoms with Crippen LogP contribution >= 0.6 is 12.2 Å². The van der Waals surface area contributed by atoms with Gasteiger partial charge in [-0.05, 0) is 18.2 Å². The summed E-state index contributed by atoms with van der Waals surface area (Å²) in [7, 11) is 1.58. The molecule has 18 heavy (non-hydrogen) atoms. The van der Waals surface area contributed by atoms with Gasteiger partial charge in [0.2, 0.25) is 0 Å². The van der Waals surface area contributed by atoms with Crippen LogP contribution in [0.4, 0.5) is 0 Å². The zero-order valence-electron chi connectivity index (χ0n) is 9.64. The van der Waals surface area contributed by atoms with Gasteiger partial charge in [0.25, 0.3) is 5.56 Å². The van der Waals surface area contributed by atoms with Crippen molar-refractivity contribution in [2.24, 2.45) is 5.73 Å². The maximum absolute atomic E-state index is 11.5. The second kappa shape index (κ2) is 4.97. The van der Waals surface area contributed by atoms with Crippen molar-refractivity contribution in [2.75, 3.05) is 7.11 Å². The largest absolute Gasteiger partial charge is 0.497 e. The van der Waals surface area contributed by atoms with E-state index in [1.54, 1.807) is 13.2 Å². The van der Waals surface area contributed by atoms with E-state index in [1.165, 1.54) is 0 Å². The molecule has 2 rings (SSSR count). The Balaban J connectivity index is 2.54. The summed E-state index contributed by atoms with van der Waals surface area (Å²) < 4.78 is 5.13. The number of rotatable bonds is 3. The van der Waals surface area contributed by atoms with E-state index >= 15 is 0 Å². The van der Waals surface area contributed by atoms with Gasteiger partial charge in [0.1, 0.15) is 10.7 Å². The highest BCUT2D eigenvalue weighted by Crippen LogP contribution is 2.21. The van der Waals surface area contributed by atoms with Crippen LogP contribution in [0.15, 0.2) is 35.1 Å². The summed E-state index contributed by atoms with van der Waals surface area (Å²) in [5.74, 6) is 0.706. The third-order valence-electron chi connectivity index (χ3n) is 2.43. The fraction of sp³-hybridized carbons (Fsp3) is 0.0833. The minimum Gasteiger partial charge on any atom is -0.497 e. The number of nitrogens with two attached hydrogens (primary N) is 1. The molecule has 0 aliphatic carbocycles. The highest BCUT2D eigenvalue weighted by Gasteiger charge is 2.08. The molecule has 1 aromatic heterocycles. The smallest absolute Gasteiger partial charge is 0.274 e. The Morgan fingerprint density at radius 3 is 2.89 bits per heavy atom. The monoisotopic (exact) mass is 261 g/mol. The molecule has 1 heterocycles. The number of H-pyrrole nitrogens is 1. The predicted molar refractivity (Wildman–Crippen MR) is 72.7 cm³/mol. The van der Waals surface area contributed by atoms with Crippen molar-refractivity contribution in [3.63, 3.8) is 0 Å². The lowest BCUT2D eigenvalue weighted by molar-refractivity contribution is 0.415. The molecule has 0 saturated heterocycles. The first kappa shape index (κ1) is 12.3. The minimum absolute atomic E-state index is 0.0443. The van der Waals surface area contributed by atoms with Crippen LogP contribution in [0, 0.1) is 0 Å². The molecular formula is C12H11N3O2S. The third-order valence-corrected chi connectivity index (χ3v) is 2.65. The Bertz CT molecular complexity index is 652. The molecule has 0 aliphatic rings. The lowest BCUT2D eigenvalue weighted by atomic mass is 10.1. The van der Waals surface area contributed by atoms with Crippen molar-refractivity contribution >= 4 is 17.2 Å². The number of nitrogens with zero attached hydrogens (tertiary/aromatic N) is 1. The van der Waals surface area contributed by atoms with Gasteiger partial charge < -0.3 is 10.5 Å². The zero-order chi connectivity index (χ0) is 13.1. The predicted octanol–water partition coefficient (Wildman–Crippen LogP) is 1.08. The van der Waals surface area contributed by atoms with Crippen LogP contribution in [0.25, 0.3) is 11.3 Å². The van der Waals surface area contributed by atoms with E-state index < -0.39 is 5.56 Å². The molecule has 0 atom stereocenters. The normalized spacial score (nSPS) is 10.1. The van der Waals surface area contributed by atoms with Crippen LogP contribution in [0.1, 0.15) is 5.56 Å². The third kappa shape index (κ3) is 2.38. The van der Waals surface area contributed by atoms with Crippen LogP contribution < -0.4 is 16.0 Å². The Morgan fingerprint density at radius 1 is 1.44 bits per heavy atom. The van der Waals surface area contributed by atoms with E-state index in [4.69, 9.17) is 22.7 Å². The summed E-state index contributed by atoms with van der Waals surface area (Å²) in [6.07, 6.45) is 0. The van der Waals surface area contributed by atoms with Crippen molar-refractivity contribution < 1.29 is 4.74 Å². The maximum atomic E-state index is 11.5. The van der Waals surface area contributed by atoms with Gasteiger partial charge in [0.15, 0.2) is 0 Å². The van der Waals surface area contributed by atoms with Crippen molar-refractivity contribution in [1.29, 1.82) is 0 Å². The summed E-state index contributed by atoms with van der Waals surface area (Å²) in [5.41, 5.74) is 6.72. The van der Waals surface area contributed by atoms with E-state index in [0.29, 0.717) is 11.4 Å². The molecule has 0 fully saturated rings. The molecule has 0 amide bonds. The highest BCUT2D eigenvalue weighted by atomic mass is 32.1. The molecule has 0 spiro atoms. The van der Waals surface area contributed by atoms with Crippen LogP contribution in [0.2, 0.25) is 0 Å². The average molecular weight is 261 g/mol. The zero-order valence-corrected chi connectivity index (χ0v) is 10.5. The molecule has 92 valence electrons. The Hall–Kier alpha value is -2.21. The van der Waals surface area contributed by atoms with Crippen LogP contribution in [0.3, 0.4) is 0 Å². The number of methoxy groups -OCH3 is 1. The number of thiocarbonyl (C=S) groups is 1. The second-order valence-corrected chi connectivity index (χ2v) is 4.03. The molecule has 0 radical (unpaired) electrons. The quantitative estimate of drug-likeness (QED) is 0.808. The number of ether oxygens (including phenoxy) is 1. The number of hydrogen-bond donors (Lipinski definition) is 2. The molecule has 1 aromatic carbocycles. The number of aromatic nitrogens is 2. The number of hydrogen-bond acceptors (Lipinski definition) is 4. The van der Waals surface area contributed by atoms with Gasteiger partial charge in [-0.25, -0.2) is 5.10 Å².